The molecule has 86 valence electrons. The normalized spacial score (nSPS) is 19.1. The van der Waals surface area contributed by atoms with Crippen LogP contribution in [0.3, 0.4) is 0 Å². The summed E-state index contributed by atoms with van der Waals surface area (Å²) in [7, 11) is 0. The van der Waals surface area contributed by atoms with E-state index in [2.05, 4.69) is 30.2 Å². The van der Waals surface area contributed by atoms with E-state index in [0.29, 0.717) is 12.5 Å². The number of hydrogen-bond acceptors (Lipinski definition) is 4. The lowest BCUT2D eigenvalue weighted by molar-refractivity contribution is 0.432. The van der Waals surface area contributed by atoms with Crippen LogP contribution in [0.4, 0.5) is 0 Å². The second-order valence-electron chi connectivity index (χ2n) is 4.75. The van der Waals surface area contributed by atoms with E-state index in [9.17, 15) is 0 Å². The summed E-state index contributed by atoms with van der Waals surface area (Å²) in [6, 6.07) is 2.59. The number of nitrogens with zero attached hydrogens (tertiary/aromatic N) is 2. The average Bonchev–Trinajstić information content (AvgIpc) is 2.89. The summed E-state index contributed by atoms with van der Waals surface area (Å²) in [5.41, 5.74) is 0.273. The Morgan fingerprint density at radius 2 is 2.44 bits per heavy atom. The third kappa shape index (κ3) is 2.60. The molecule has 0 saturated heterocycles. The van der Waals surface area contributed by atoms with Crippen LogP contribution in [0.1, 0.15) is 42.1 Å². The smallest absolute Gasteiger partial charge is 0.109 e. The number of hydrogen-bond donors (Lipinski definition) is 1. The zero-order valence-electron chi connectivity index (χ0n) is 9.79. The minimum Gasteiger partial charge on any atom is -0.308 e. The van der Waals surface area contributed by atoms with Gasteiger partial charge in [0.25, 0.3) is 0 Å². The molecule has 1 N–H and O–H groups in total. The highest BCUT2D eigenvalue weighted by atomic mass is 32.1. The van der Waals surface area contributed by atoms with Crippen molar-refractivity contribution in [2.24, 2.45) is 5.41 Å². The first kappa shape index (κ1) is 11.6. The lowest BCUT2D eigenvalue weighted by Gasteiger charge is -2.16. The average molecular weight is 235 g/mol. The second kappa shape index (κ2) is 4.52. The largest absolute Gasteiger partial charge is 0.308 e. The second-order valence-corrected chi connectivity index (χ2v) is 6.01. The van der Waals surface area contributed by atoms with Crippen molar-refractivity contribution >= 4 is 11.3 Å². The van der Waals surface area contributed by atoms with E-state index in [0.717, 1.165) is 11.6 Å². The van der Waals surface area contributed by atoms with Crippen molar-refractivity contribution in [1.29, 1.82) is 5.26 Å². The van der Waals surface area contributed by atoms with E-state index < -0.39 is 0 Å². The first-order valence-electron chi connectivity index (χ1n) is 5.68. The van der Waals surface area contributed by atoms with E-state index in [-0.39, 0.29) is 5.41 Å². The van der Waals surface area contributed by atoms with Gasteiger partial charge in [-0.2, -0.15) is 5.26 Å². The van der Waals surface area contributed by atoms with Crippen molar-refractivity contribution < 1.29 is 0 Å². The molecule has 1 fully saturated rings. The van der Waals surface area contributed by atoms with E-state index >= 15 is 0 Å². The molecule has 1 unspecified atom stereocenters. The van der Waals surface area contributed by atoms with Crippen LogP contribution in [-0.4, -0.2) is 11.5 Å². The van der Waals surface area contributed by atoms with Gasteiger partial charge in [0.05, 0.1) is 12.1 Å². The molecular formula is C12H17N3S. The highest BCUT2D eigenvalue weighted by molar-refractivity contribution is 7.11. The van der Waals surface area contributed by atoms with Crippen LogP contribution in [0.2, 0.25) is 0 Å². The fourth-order valence-corrected chi connectivity index (χ4v) is 2.59. The van der Waals surface area contributed by atoms with Crippen LogP contribution in [-0.2, 0) is 0 Å². The maximum atomic E-state index is 8.74. The Hall–Kier alpha value is -0.920. The molecule has 0 spiro atoms. The quantitative estimate of drug-likeness (QED) is 0.853. The van der Waals surface area contributed by atoms with Crippen LogP contribution < -0.4 is 5.32 Å². The minimum atomic E-state index is 0.273. The molecule has 0 bridgehead atoms. The van der Waals surface area contributed by atoms with Crippen molar-refractivity contribution in [1.82, 2.24) is 10.3 Å². The first-order valence-corrected chi connectivity index (χ1v) is 6.49. The number of rotatable bonds is 5. The molecule has 0 radical (unpaired) electrons. The predicted octanol–water partition coefficient (Wildman–Crippen LogP) is 2.80. The van der Waals surface area contributed by atoms with Crippen molar-refractivity contribution in [3.8, 4) is 6.07 Å². The van der Waals surface area contributed by atoms with Gasteiger partial charge in [0.15, 0.2) is 0 Å². The molecule has 1 aromatic heterocycles. The van der Waals surface area contributed by atoms with Crippen molar-refractivity contribution in [2.45, 2.75) is 39.2 Å². The summed E-state index contributed by atoms with van der Waals surface area (Å²) in [6.45, 7) is 5.16. The van der Waals surface area contributed by atoms with Gasteiger partial charge in [-0.3, -0.25) is 0 Å². The molecule has 2 rings (SSSR count). The Kier molecular flexibility index (Phi) is 3.27. The van der Waals surface area contributed by atoms with E-state index in [1.165, 1.54) is 17.7 Å². The number of nitrogens with one attached hydrogen (secondary N) is 1. The highest BCUT2D eigenvalue weighted by Crippen LogP contribution is 2.48. The predicted molar refractivity (Wildman–Crippen MR) is 65.2 cm³/mol. The molecule has 1 aliphatic carbocycles. The van der Waals surface area contributed by atoms with Crippen LogP contribution in [0, 0.1) is 23.7 Å². The summed E-state index contributed by atoms with van der Waals surface area (Å²) in [5.74, 6) is 0. The fraction of sp³-hybridized carbons (Fsp3) is 0.667. The van der Waals surface area contributed by atoms with Gasteiger partial charge in [0.1, 0.15) is 5.01 Å². The van der Waals surface area contributed by atoms with E-state index in [4.69, 9.17) is 5.26 Å². The Balaban J connectivity index is 1.85. The number of aromatic nitrogens is 1. The Morgan fingerprint density at radius 1 is 1.69 bits per heavy atom. The fourth-order valence-electron chi connectivity index (χ4n) is 1.79. The van der Waals surface area contributed by atoms with E-state index in [1.807, 2.05) is 6.20 Å². The summed E-state index contributed by atoms with van der Waals surface area (Å²) >= 11 is 1.74. The van der Waals surface area contributed by atoms with Crippen LogP contribution in [0.5, 0.6) is 0 Å². The van der Waals surface area contributed by atoms with Gasteiger partial charge in [0.2, 0.25) is 0 Å². The van der Waals surface area contributed by atoms with Crippen molar-refractivity contribution in [2.75, 3.05) is 6.54 Å². The lowest BCUT2D eigenvalue weighted by atomic mass is 10.0. The third-order valence-electron chi connectivity index (χ3n) is 3.20. The van der Waals surface area contributed by atoms with Crippen LogP contribution >= 0.6 is 11.3 Å². The molecular weight excluding hydrogens is 218 g/mol. The number of aryl methyl sites for hydroxylation is 1. The maximum Gasteiger partial charge on any atom is 0.109 e. The summed E-state index contributed by atoms with van der Waals surface area (Å²) in [5, 5.41) is 13.4. The molecule has 1 aromatic rings. The van der Waals surface area contributed by atoms with E-state index in [1.54, 1.807) is 11.3 Å². The molecule has 1 heterocycles. The third-order valence-corrected chi connectivity index (χ3v) is 4.30. The van der Waals surface area contributed by atoms with Gasteiger partial charge in [-0.15, -0.1) is 11.3 Å². The van der Waals surface area contributed by atoms with Crippen molar-refractivity contribution in [3.63, 3.8) is 0 Å². The van der Waals surface area contributed by atoms with Gasteiger partial charge < -0.3 is 5.32 Å². The van der Waals surface area contributed by atoms with Crippen LogP contribution in [0.15, 0.2) is 6.20 Å². The van der Waals surface area contributed by atoms with Crippen LogP contribution in [0.25, 0.3) is 0 Å². The standard InChI is InChI=1S/C12H17N3S/c1-9-7-14-11(16-9)10(2)15-8-12(3-4-12)5-6-13/h7,10,15H,3-5,8H2,1-2H3. The summed E-state index contributed by atoms with van der Waals surface area (Å²) in [4.78, 5) is 5.63. The molecule has 4 heteroatoms. The van der Waals surface area contributed by atoms with Gasteiger partial charge in [-0.05, 0) is 32.1 Å². The van der Waals surface area contributed by atoms with Gasteiger partial charge in [0, 0.05) is 24.0 Å². The molecule has 16 heavy (non-hydrogen) atoms. The topological polar surface area (TPSA) is 48.7 Å². The molecule has 1 aliphatic rings. The number of nitriles is 1. The summed E-state index contributed by atoms with van der Waals surface area (Å²) in [6.07, 6.45) is 4.98. The Bertz CT molecular complexity index is 401. The number of thiazole rings is 1. The molecule has 0 amide bonds. The Morgan fingerprint density at radius 3 is 2.94 bits per heavy atom. The lowest BCUT2D eigenvalue weighted by Crippen LogP contribution is -2.26. The van der Waals surface area contributed by atoms with Crippen molar-refractivity contribution in [3.05, 3.63) is 16.1 Å². The molecule has 1 atom stereocenters. The minimum absolute atomic E-state index is 0.273. The van der Waals surface area contributed by atoms with Gasteiger partial charge in [-0.1, -0.05) is 0 Å². The highest BCUT2D eigenvalue weighted by Gasteiger charge is 2.42. The zero-order chi connectivity index (χ0) is 11.6. The van der Waals surface area contributed by atoms with Gasteiger partial charge in [-0.25, -0.2) is 4.98 Å². The zero-order valence-corrected chi connectivity index (χ0v) is 10.6. The first-order chi connectivity index (χ1) is 7.65. The molecule has 0 aromatic carbocycles. The maximum absolute atomic E-state index is 8.74. The SMILES string of the molecule is Cc1cnc(C(C)NCC2(CC#N)CC2)s1. The van der Waals surface area contributed by atoms with Gasteiger partial charge >= 0.3 is 0 Å². The molecule has 0 aliphatic heterocycles. The Labute approximate surface area is 101 Å². The molecule has 1 saturated carbocycles. The summed E-state index contributed by atoms with van der Waals surface area (Å²) < 4.78 is 0. The monoisotopic (exact) mass is 235 g/mol. The molecule has 3 nitrogen and oxygen atoms in total.